The predicted octanol–water partition coefficient (Wildman–Crippen LogP) is 5.03. The summed E-state index contributed by atoms with van der Waals surface area (Å²) >= 11 is 3.40. The zero-order valence-corrected chi connectivity index (χ0v) is 18.7. The number of pyridine rings is 1. The number of allylic oxidation sites excluding steroid dienone is 5. The molecule has 0 spiro atoms. The van der Waals surface area contributed by atoms with Gasteiger partial charge < -0.3 is 15.4 Å². The van der Waals surface area contributed by atoms with Crippen molar-refractivity contribution in [1.29, 1.82) is 5.26 Å². The average molecular weight is 467 g/mol. The van der Waals surface area contributed by atoms with E-state index in [2.05, 4.69) is 44.2 Å². The highest BCUT2D eigenvalue weighted by Gasteiger charge is 2.20. The van der Waals surface area contributed by atoms with Gasteiger partial charge in [0.1, 0.15) is 6.10 Å². The number of hydrogen-bond acceptors (Lipinski definition) is 5. The van der Waals surface area contributed by atoms with E-state index in [1.165, 1.54) is 5.56 Å². The molecule has 1 aliphatic heterocycles. The van der Waals surface area contributed by atoms with E-state index >= 15 is 0 Å². The first-order chi connectivity index (χ1) is 14.7. The van der Waals surface area contributed by atoms with Crippen LogP contribution in [0.3, 0.4) is 0 Å². The normalized spacial score (nSPS) is 14.8. The van der Waals surface area contributed by atoms with Crippen molar-refractivity contribution in [1.82, 2.24) is 10.3 Å². The van der Waals surface area contributed by atoms with E-state index < -0.39 is 0 Å². The Morgan fingerprint density at radius 3 is 2.83 bits per heavy atom. The number of aromatic nitrogens is 1. The summed E-state index contributed by atoms with van der Waals surface area (Å²) in [5.41, 5.74) is 2.84. The molecule has 0 bridgehead atoms. The zero-order chi connectivity index (χ0) is 21.6. The number of halogens is 1. The Morgan fingerprint density at radius 1 is 1.33 bits per heavy atom. The summed E-state index contributed by atoms with van der Waals surface area (Å²) in [7, 11) is 0. The Balaban J connectivity index is 0.000000396. The molecule has 0 radical (unpaired) electrons. The summed E-state index contributed by atoms with van der Waals surface area (Å²) < 4.78 is 6.81. The van der Waals surface area contributed by atoms with Gasteiger partial charge in [0.2, 0.25) is 5.88 Å². The molecule has 156 valence electrons. The molecule has 1 atom stereocenters. The van der Waals surface area contributed by atoms with Crippen molar-refractivity contribution in [2.75, 3.05) is 25.0 Å². The van der Waals surface area contributed by atoms with Crippen LogP contribution in [0.4, 0.5) is 5.69 Å². The second-order valence-corrected chi connectivity index (χ2v) is 7.45. The number of nitrogens with one attached hydrogen (secondary N) is 2. The smallest absolute Gasteiger partial charge is 0.237 e. The highest BCUT2D eigenvalue weighted by molar-refractivity contribution is 9.10. The minimum atomic E-state index is 0.0668. The number of anilines is 1. The van der Waals surface area contributed by atoms with Crippen LogP contribution in [0.15, 0.2) is 78.0 Å². The van der Waals surface area contributed by atoms with Gasteiger partial charge in [0.05, 0.1) is 23.9 Å². The Kier molecular flexibility index (Phi) is 10.4. The fourth-order valence-electron chi connectivity index (χ4n) is 2.68. The predicted molar refractivity (Wildman–Crippen MR) is 127 cm³/mol. The molecule has 30 heavy (non-hydrogen) atoms. The quantitative estimate of drug-likeness (QED) is 0.442. The van der Waals surface area contributed by atoms with Crippen molar-refractivity contribution < 1.29 is 4.74 Å². The fourth-order valence-corrected chi connectivity index (χ4v) is 3.01. The van der Waals surface area contributed by atoms with Crippen molar-refractivity contribution in [2.24, 2.45) is 0 Å². The lowest BCUT2D eigenvalue weighted by Crippen LogP contribution is -2.40. The van der Waals surface area contributed by atoms with Gasteiger partial charge in [-0.15, -0.1) is 0 Å². The maximum absolute atomic E-state index is 8.78. The molecule has 2 heterocycles. The van der Waals surface area contributed by atoms with E-state index in [1.807, 2.05) is 61.6 Å². The number of nitrogens with zero attached hydrogens (tertiary/aromatic N) is 2. The second kappa shape index (κ2) is 13.4. The third-order valence-corrected chi connectivity index (χ3v) is 4.65. The van der Waals surface area contributed by atoms with Crippen molar-refractivity contribution in [2.45, 2.75) is 19.4 Å². The van der Waals surface area contributed by atoms with Gasteiger partial charge >= 0.3 is 0 Å². The number of hydrogen-bond donors (Lipinski definition) is 2. The molecule has 2 N–H and O–H groups in total. The summed E-state index contributed by atoms with van der Waals surface area (Å²) in [6.07, 6.45) is 12.2. The van der Waals surface area contributed by atoms with Crippen LogP contribution in [0.5, 0.6) is 5.88 Å². The molecule has 1 aromatic carbocycles. The molecule has 1 unspecified atom stereocenters. The maximum atomic E-state index is 8.78. The van der Waals surface area contributed by atoms with Crippen LogP contribution in [-0.4, -0.2) is 30.7 Å². The average Bonchev–Trinajstić information content (AvgIpc) is 2.78. The van der Waals surface area contributed by atoms with Crippen molar-refractivity contribution in [3.05, 3.63) is 89.1 Å². The SMILES string of the molecule is C=C/C=C\C=C/C.N#Cc1ccc(CCNCC2CNc3cc(Br)cnc3O2)cc1. The zero-order valence-electron chi connectivity index (χ0n) is 17.1. The first kappa shape index (κ1) is 23.4. The molecular weight excluding hydrogens is 440 g/mol. The molecule has 0 aliphatic carbocycles. The van der Waals surface area contributed by atoms with E-state index in [0.717, 1.165) is 36.2 Å². The van der Waals surface area contributed by atoms with Crippen LogP contribution in [0, 0.1) is 11.3 Å². The third kappa shape index (κ3) is 8.24. The summed E-state index contributed by atoms with van der Waals surface area (Å²) in [6, 6.07) is 11.8. The van der Waals surface area contributed by atoms with Crippen LogP contribution in [-0.2, 0) is 6.42 Å². The molecule has 3 rings (SSSR count). The second-order valence-electron chi connectivity index (χ2n) is 6.54. The Labute approximate surface area is 187 Å². The Bertz CT molecular complexity index is 900. The van der Waals surface area contributed by atoms with Crippen LogP contribution >= 0.6 is 15.9 Å². The molecule has 1 aromatic heterocycles. The van der Waals surface area contributed by atoms with Gasteiger partial charge in [-0.25, -0.2) is 4.98 Å². The van der Waals surface area contributed by atoms with Gasteiger partial charge in [-0.3, -0.25) is 0 Å². The molecule has 6 heteroatoms. The summed E-state index contributed by atoms with van der Waals surface area (Å²) in [5, 5.41) is 15.5. The molecule has 0 saturated heterocycles. The van der Waals surface area contributed by atoms with E-state index in [4.69, 9.17) is 10.00 Å². The minimum absolute atomic E-state index is 0.0668. The highest BCUT2D eigenvalue weighted by atomic mass is 79.9. The van der Waals surface area contributed by atoms with Crippen LogP contribution in [0.25, 0.3) is 0 Å². The lowest BCUT2D eigenvalue weighted by Gasteiger charge is -2.26. The molecular formula is C24H27BrN4O. The van der Waals surface area contributed by atoms with E-state index in [0.29, 0.717) is 11.4 Å². The largest absolute Gasteiger partial charge is 0.470 e. The van der Waals surface area contributed by atoms with Gasteiger partial charge in [0.25, 0.3) is 0 Å². The number of ether oxygens (including phenoxy) is 1. The topological polar surface area (TPSA) is 70.0 Å². The molecule has 0 fully saturated rings. The first-order valence-electron chi connectivity index (χ1n) is 9.82. The van der Waals surface area contributed by atoms with Crippen molar-refractivity contribution >= 4 is 21.6 Å². The van der Waals surface area contributed by atoms with Crippen LogP contribution < -0.4 is 15.4 Å². The van der Waals surface area contributed by atoms with Crippen molar-refractivity contribution in [3.63, 3.8) is 0 Å². The first-order valence-corrected chi connectivity index (χ1v) is 10.6. The van der Waals surface area contributed by atoms with Gasteiger partial charge in [-0.2, -0.15) is 5.26 Å². The number of fused-ring (bicyclic) bond motifs is 1. The summed E-state index contributed by atoms with van der Waals surface area (Å²) in [5.74, 6) is 0.651. The van der Waals surface area contributed by atoms with Gasteiger partial charge in [0.15, 0.2) is 0 Å². The van der Waals surface area contributed by atoms with Gasteiger partial charge in [-0.1, -0.05) is 49.1 Å². The van der Waals surface area contributed by atoms with Gasteiger partial charge in [0, 0.05) is 17.2 Å². The number of rotatable bonds is 7. The molecule has 5 nitrogen and oxygen atoms in total. The minimum Gasteiger partial charge on any atom is -0.470 e. The molecule has 0 amide bonds. The molecule has 2 aromatic rings. The Hall–Kier alpha value is -2.88. The molecule has 1 aliphatic rings. The van der Waals surface area contributed by atoms with E-state index in [9.17, 15) is 0 Å². The highest BCUT2D eigenvalue weighted by Crippen LogP contribution is 2.28. The van der Waals surface area contributed by atoms with E-state index in [1.54, 1.807) is 12.3 Å². The number of nitriles is 1. The number of benzene rings is 1. The molecule has 0 saturated carbocycles. The monoisotopic (exact) mass is 466 g/mol. The Morgan fingerprint density at radius 2 is 2.13 bits per heavy atom. The van der Waals surface area contributed by atoms with Gasteiger partial charge in [-0.05, 0) is 59.6 Å². The summed E-state index contributed by atoms with van der Waals surface area (Å²) in [4.78, 5) is 4.28. The lowest BCUT2D eigenvalue weighted by atomic mass is 10.1. The third-order valence-electron chi connectivity index (χ3n) is 4.21. The summed E-state index contributed by atoms with van der Waals surface area (Å²) in [6.45, 7) is 7.88. The maximum Gasteiger partial charge on any atom is 0.237 e. The fraction of sp³-hybridized carbons (Fsp3) is 0.250. The standard InChI is InChI=1S/C17H17BrN4O.C7H10/c18-14-7-16-17(22-9-14)23-15(11-21-16)10-20-6-5-12-1-3-13(8-19)4-2-12;1-3-5-7-6-4-2/h1-4,7,9,15,20-21H,5-6,10-11H2;3-7H,1H2,2H3/b;6-4-,7-5-. The van der Waals surface area contributed by atoms with E-state index in [-0.39, 0.29) is 6.10 Å². The van der Waals surface area contributed by atoms with Crippen molar-refractivity contribution in [3.8, 4) is 11.9 Å². The van der Waals surface area contributed by atoms with Crippen LogP contribution in [0.2, 0.25) is 0 Å². The van der Waals surface area contributed by atoms with Crippen LogP contribution in [0.1, 0.15) is 18.1 Å². The lowest BCUT2D eigenvalue weighted by molar-refractivity contribution is 0.194.